The van der Waals surface area contributed by atoms with Crippen LogP contribution >= 0.6 is 0 Å². The number of ether oxygens (including phenoxy) is 2. The van der Waals surface area contributed by atoms with Gasteiger partial charge in [0, 0.05) is 24.7 Å². The number of aliphatic hydroxyl groups is 2. The van der Waals surface area contributed by atoms with Crippen LogP contribution in [0, 0.1) is 11.8 Å². The summed E-state index contributed by atoms with van der Waals surface area (Å²) in [5, 5.41) is 21.8. The van der Waals surface area contributed by atoms with E-state index in [2.05, 4.69) is 12.1 Å². The molecule has 2 aliphatic heterocycles. The molecule has 4 atom stereocenters. The summed E-state index contributed by atoms with van der Waals surface area (Å²) < 4.78 is 12.2. The Bertz CT molecular complexity index is 614. The Kier molecular flexibility index (Phi) is 3.21. The van der Waals surface area contributed by atoms with E-state index in [0.717, 1.165) is 86.8 Å². The molecular weight excluding hydrogens is 304 g/mol. The molecule has 0 aromatic heterocycles. The molecule has 1 aromatic carbocycles. The summed E-state index contributed by atoms with van der Waals surface area (Å²) in [6.07, 6.45) is 9.55. The predicted molar refractivity (Wildman–Crippen MR) is 88.9 cm³/mol. The Hall–Kier alpha value is -1.26. The molecule has 0 saturated heterocycles. The van der Waals surface area contributed by atoms with Crippen molar-refractivity contribution in [2.24, 2.45) is 11.8 Å². The Balaban J connectivity index is 1.51. The van der Waals surface area contributed by atoms with Crippen molar-refractivity contribution in [3.8, 4) is 11.5 Å². The fourth-order valence-corrected chi connectivity index (χ4v) is 5.25. The normalized spacial score (nSPS) is 40.2. The van der Waals surface area contributed by atoms with Gasteiger partial charge in [0.05, 0.1) is 0 Å². The van der Waals surface area contributed by atoms with Gasteiger partial charge in [0.1, 0.15) is 11.5 Å². The van der Waals surface area contributed by atoms with Gasteiger partial charge in [0.2, 0.25) is 11.6 Å². The zero-order valence-corrected chi connectivity index (χ0v) is 14.1. The molecule has 0 radical (unpaired) electrons. The Labute approximate surface area is 142 Å². The summed E-state index contributed by atoms with van der Waals surface area (Å²) in [5.41, 5.74) is 2.23. The van der Waals surface area contributed by atoms with Crippen molar-refractivity contribution >= 4 is 0 Å². The Morgan fingerprint density at radius 3 is 1.67 bits per heavy atom. The van der Waals surface area contributed by atoms with Gasteiger partial charge in [-0.3, -0.25) is 0 Å². The second-order valence-electron chi connectivity index (χ2n) is 8.26. The van der Waals surface area contributed by atoms with E-state index < -0.39 is 11.6 Å². The molecule has 2 fully saturated rings. The van der Waals surface area contributed by atoms with Gasteiger partial charge in [-0.25, -0.2) is 0 Å². The Morgan fingerprint density at radius 2 is 1.21 bits per heavy atom. The van der Waals surface area contributed by atoms with E-state index in [0.29, 0.717) is 0 Å². The van der Waals surface area contributed by atoms with Crippen LogP contribution in [-0.4, -0.2) is 21.8 Å². The average Bonchev–Trinajstić information content (AvgIpc) is 2.55. The minimum Gasteiger partial charge on any atom is -0.462 e. The van der Waals surface area contributed by atoms with Crippen LogP contribution in [0.25, 0.3) is 0 Å². The number of fused-ring (bicyclic) bond motifs is 4. The monoisotopic (exact) mass is 330 g/mol. The summed E-state index contributed by atoms with van der Waals surface area (Å²) in [4.78, 5) is 0. The largest absolute Gasteiger partial charge is 0.462 e. The van der Waals surface area contributed by atoms with Gasteiger partial charge in [-0.05, 0) is 61.8 Å². The number of hydrogen-bond acceptors (Lipinski definition) is 4. The number of benzene rings is 1. The fourth-order valence-electron chi connectivity index (χ4n) is 5.25. The molecular formula is C20H26O4. The second-order valence-corrected chi connectivity index (χ2v) is 8.26. The van der Waals surface area contributed by atoms with E-state index in [1.807, 2.05) is 0 Å². The molecule has 2 aliphatic carbocycles. The molecule has 0 unspecified atom stereocenters. The number of rotatable bonds is 0. The van der Waals surface area contributed by atoms with E-state index in [-0.39, 0.29) is 11.8 Å². The summed E-state index contributed by atoms with van der Waals surface area (Å²) >= 11 is 0. The van der Waals surface area contributed by atoms with Gasteiger partial charge < -0.3 is 19.7 Å². The maximum Gasteiger partial charge on any atom is 0.211 e. The number of hydrogen-bond donors (Lipinski definition) is 2. The van der Waals surface area contributed by atoms with E-state index >= 15 is 0 Å². The third-order valence-electron chi connectivity index (χ3n) is 6.70. The SMILES string of the molecule is O[C@@]12CCCC[C@@H]1Cc1cc3c(cc1O2)C[C@H]1CCCC[C@]1(O)O3. The third-order valence-corrected chi connectivity index (χ3v) is 6.70. The first-order valence-corrected chi connectivity index (χ1v) is 9.54. The molecule has 0 spiro atoms. The van der Waals surface area contributed by atoms with Crippen LogP contribution in [-0.2, 0) is 12.8 Å². The predicted octanol–water partition coefficient (Wildman–Crippen LogP) is 3.31. The van der Waals surface area contributed by atoms with Crippen LogP contribution < -0.4 is 9.47 Å². The minimum atomic E-state index is -0.986. The lowest BCUT2D eigenvalue weighted by Gasteiger charge is -2.46. The zero-order valence-electron chi connectivity index (χ0n) is 14.1. The van der Waals surface area contributed by atoms with Crippen molar-refractivity contribution in [3.05, 3.63) is 23.3 Å². The highest BCUT2D eigenvalue weighted by Crippen LogP contribution is 2.49. The summed E-state index contributed by atoms with van der Waals surface area (Å²) in [7, 11) is 0. The first-order valence-electron chi connectivity index (χ1n) is 9.54. The van der Waals surface area contributed by atoms with Crippen molar-refractivity contribution in [1.29, 1.82) is 0 Å². The van der Waals surface area contributed by atoms with E-state index in [1.54, 1.807) is 0 Å². The highest BCUT2D eigenvalue weighted by molar-refractivity contribution is 5.49. The van der Waals surface area contributed by atoms with Crippen molar-refractivity contribution < 1.29 is 19.7 Å². The lowest BCUT2D eigenvalue weighted by molar-refractivity contribution is -0.208. The molecule has 0 bridgehead atoms. The van der Waals surface area contributed by atoms with Crippen molar-refractivity contribution in [2.45, 2.75) is 75.8 Å². The van der Waals surface area contributed by atoms with Crippen molar-refractivity contribution in [3.63, 3.8) is 0 Å². The van der Waals surface area contributed by atoms with E-state index in [1.165, 1.54) is 0 Å². The Morgan fingerprint density at radius 1 is 0.750 bits per heavy atom. The van der Waals surface area contributed by atoms with Gasteiger partial charge in [0.25, 0.3) is 0 Å². The highest BCUT2D eigenvalue weighted by atomic mass is 16.6. The summed E-state index contributed by atoms with van der Waals surface area (Å²) in [5.74, 6) is 0.0107. The average molecular weight is 330 g/mol. The van der Waals surface area contributed by atoms with Crippen molar-refractivity contribution in [2.75, 3.05) is 0 Å². The van der Waals surface area contributed by atoms with Crippen LogP contribution in [0.4, 0.5) is 0 Å². The molecule has 2 heterocycles. The van der Waals surface area contributed by atoms with E-state index in [9.17, 15) is 10.2 Å². The molecule has 2 N–H and O–H groups in total. The van der Waals surface area contributed by atoms with Crippen LogP contribution in [0.15, 0.2) is 12.1 Å². The standard InChI is InChI=1S/C20H26O4/c21-19-7-3-1-5-15(19)9-13-11-18-14(12-17(13)23-19)10-16-6-2-4-8-20(16,22)24-18/h11-12,15-16,21-22H,1-10H2/t15-,16-,19-,20+/m1/s1. The van der Waals surface area contributed by atoms with E-state index in [4.69, 9.17) is 9.47 Å². The lowest BCUT2D eigenvalue weighted by Crippen LogP contribution is -2.50. The van der Waals surface area contributed by atoms with Crippen LogP contribution in [0.2, 0.25) is 0 Å². The van der Waals surface area contributed by atoms with Crippen LogP contribution in [0.3, 0.4) is 0 Å². The molecule has 4 heteroatoms. The summed E-state index contributed by atoms with van der Waals surface area (Å²) in [6, 6.07) is 4.11. The maximum absolute atomic E-state index is 10.9. The summed E-state index contributed by atoms with van der Waals surface area (Å²) in [6.45, 7) is 0. The van der Waals surface area contributed by atoms with Crippen LogP contribution in [0.5, 0.6) is 11.5 Å². The molecule has 130 valence electrons. The zero-order chi connectivity index (χ0) is 16.4. The topological polar surface area (TPSA) is 58.9 Å². The molecule has 4 aliphatic rings. The minimum absolute atomic E-state index is 0.172. The lowest BCUT2D eigenvalue weighted by atomic mass is 9.75. The molecule has 5 rings (SSSR count). The van der Waals surface area contributed by atoms with Gasteiger partial charge in [-0.2, -0.15) is 0 Å². The van der Waals surface area contributed by atoms with Gasteiger partial charge in [-0.1, -0.05) is 12.8 Å². The smallest absolute Gasteiger partial charge is 0.211 e. The van der Waals surface area contributed by atoms with Gasteiger partial charge >= 0.3 is 0 Å². The second kappa shape index (κ2) is 5.12. The van der Waals surface area contributed by atoms with Crippen LogP contribution in [0.1, 0.15) is 62.5 Å². The molecule has 24 heavy (non-hydrogen) atoms. The third kappa shape index (κ3) is 2.19. The maximum atomic E-state index is 10.9. The van der Waals surface area contributed by atoms with Gasteiger partial charge in [0.15, 0.2) is 0 Å². The first kappa shape index (κ1) is 15.0. The molecule has 0 amide bonds. The van der Waals surface area contributed by atoms with Crippen molar-refractivity contribution in [1.82, 2.24) is 0 Å². The first-order chi connectivity index (χ1) is 11.6. The van der Waals surface area contributed by atoms with Gasteiger partial charge in [-0.15, -0.1) is 0 Å². The molecule has 2 saturated carbocycles. The fraction of sp³-hybridized carbons (Fsp3) is 0.700. The highest BCUT2D eigenvalue weighted by Gasteiger charge is 2.47. The molecule has 1 aromatic rings. The molecule has 4 nitrogen and oxygen atoms in total. The quantitative estimate of drug-likeness (QED) is 0.766.